The Morgan fingerprint density at radius 3 is 1.57 bits per heavy atom. The Balaban J connectivity index is 1.74. The lowest BCUT2D eigenvalue weighted by atomic mass is 10.0. The summed E-state index contributed by atoms with van der Waals surface area (Å²) in [6.07, 6.45) is -2.19. The van der Waals surface area contributed by atoms with Crippen molar-refractivity contribution >= 4 is 39.0 Å². The van der Waals surface area contributed by atoms with E-state index in [0.29, 0.717) is 0 Å². The van der Waals surface area contributed by atoms with E-state index in [9.17, 15) is 52.7 Å². The second-order valence-electron chi connectivity index (χ2n) is 8.94. The topological polar surface area (TPSA) is 80.7 Å². The molecule has 6 bridgehead atoms. The highest BCUT2D eigenvalue weighted by atomic mass is 19.2. The molecule has 7 rings (SSSR count). The van der Waals surface area contributed by atoms with Gasteiger partial charge in [-0.15, -0.1) is 0 Å². The van der Waals surface area contributed by atoms with Crippen molar-refractivity contribution in [1.82, 2.24) is 9.97 Å². The van der Waals surface area contributed by atoms with E-state index < -0.39 is 137 Å². The number of amidine groups is 1. The van der Waals surface area contributed by atoms with Crippen LogP contribution >= 0.6 is 0 Å². The molecule has 1 unspecified atom stereocenters. The molecule has 0 amide bonds. The predicted octanol–water partition coefficient (Wildman–Crippen LogP) is 5.77. The van der Waals surface area contributed by atoms with Gasteiger partial charge in [-0.1, -0.05) is 0 Å². The molecule has 2 aromatic heterocycles. The number of anilines is 1. The highest BCUT2D eigenvalue weighted by molar-refractivity contribution is 6.15. The van der Waals surface area contributed by atoms with Gasteiger partial charge in [0, 0.05) is 0 Å². The maximum Gasteiger partial charge on any atom is 0.198 e. The number of H-pyrrole nitrogens is 2. The van der Waals surface area contributed by atoms with Crippen molar-refractivity contribution in [2.75, 3.05) is 5.32 Å². The van der Waals surface area contributed by atoms with Gasteiger partial charge in [-0.25, -0.2) is 67.7 Å². The number of rotatable bonds is 0. The van der Waals surface area contributed by atoms with E-state index >= 15 is 0 Å². The summed E-state index contributed by atoms with van der Waals surface area (Å²) < 4.78 is 175. The Bertz CT molecular complexity index is 2270. The Morgan fingerprint density at radius 1 is 0.452 bits per heavy atom. The minimum Gasteiger partial charge on any atom is -0.325 e. The summed E-state index contributed by atoms with van der Waals surface area (Å²) in [5, 5.41) is -2.64. The van der Waals surface area contributed by atoms with Crippen molar-refractivity contribution in [3.63, 3.8) is 0 Å². The van der Waals surface area contributed by atoms with Crippen molar-refractivity contribution in [3.05, 3.63) is 91.9 Å². The number of nitrogens with zero attached hydrogens (tertiary/aromatic N) is 3. The van der Waals surface area contributed by atoms with Gasteiger partial charge < -0.3 is 15.3 Å². The molecule has 3 N–H and O–H groups in total. The summed E-state index contributed by atoms with van der Waals surface area (Å²) in [4.78, 5) is 15.5. The zero-order chi connectivity index (χ0) is 30.1. The molecule has 0 radical (unpaired) electrons. The van der Waals surface area contributed by atoms with Crippen LogP contribution in [0, 0.1) is 69.8 Å². The molecule has 5 aromatic rings. The maximum absolute atomic E-state index is 15.0. The summed E-state index contributed by atoms with van der Waals surface area (Å²) in [7, 11) is 0. The number of fused-ring (bicyclic) bond motifs is 14. The van der Waals surface area contributed by atoms with E-state index in [1.807, 2.05) is 0 Å². The minimum absolute atomic E-state index is 0.894. The van der Waals surface area contributed by atoms with E-state index in [2.05, 4.69) is 30.3 Å². The summed E-state index contributed by atoms with van der Waals surface area (Å²) in [6, 6.07) is 0. The van der Waals surface area contributed by atoms with Crippen LogP contribution in [0.2, 0.25) is 0 Å². The molecule has 0 spiro atoms. The van der Waals surface area contributed by atoms with Gasteiger partial charge in [-0.05, 0) is 0 Å². The summed E-state index contributed by atoms with van der Waals surface area (Å²) in [6.45, 7) is 0. The van der Waals surface area contributed by atoms with E-state index in [-0.39, 0.29) is 0 Å². The largest absolute Gasteiger partial charge is 0.325 e. The van der Waals surface area contributed by atoms with Crippen LogP contribution in [0.25, 0.3) is 21.5 Å². The van der Waals surface area contributed by atoms with Crippen LogP contribution in [-0.4, -0.2) is 15.8 Å². The lowest BCUT2D eigenvalue weighted by Crippen LogP contribution is -2.17. The number of hydrogen-bond acceptors (Lipinski definition) is 4. The number of nitrogens with one attached hydrogen (secondary N) is 3. The van der Waals surface area contributed by atoms with E-state index in [1.54, 1.807) is 0 Å². The fourth-order valence-electron chi connectivity index (χ4n) is 4.92. The molecule has 4 heterocycles. The van der Waals surface area contributed by atoms with Gasteiger partial charge in [0.15, 0.2) is 76.0 Å². The molecule has 0 fully saturated rings. The van der Waals surface area contributed by atoms with Crippen LogP contribution < -0.4 is 16.3 Å². The fraction of sp³-hybridized carbons (Fsp3) is 0.0417. The highest BCUT2D eigenvalue weighted by Gasteiger charge is 2.38. The minimum atomic E-state index is -2.35. The normalized spacial score (nSPS) is 17.2. The monoisotopic (exact) mass is 604 g/mol. The fourth-order valence-corrected chi connectivity index (χ4v) is 4.92. The molecule has 0 saturated carbocycles. The molecule has 2 aliphatic heterocycles. The first kappa shape index (κ1) is 25.9. The first-order chi connectivity index (χ1) is 19.8. The molecule has 0 saturated heterocycles. The summed E-state index contributed by atoms with van der Waals surface area (Å²) in [5.41, 5.74) is -4.30. The average Bonchev–Trinajstić information content (AvgIpc) is 3.62. The van der Waals surface area contributed by atoms with Gasteiger partial charge in [0.25, 0.3) is 0 Å². The second-order valence-corrected chi connectivity index (χ2v) is 8.94. The SMILES string of the molecule is Fc1c(F)c(F)c2c(c1F)C1=NC2/N=c2\[nH]/c(c3c(F)c(F)c(F)c(F)c23)=N\c2[nH]c(c3c(F)c(F)c(F)c(F)c23)N1. The van der Waals surface area contributed by atoms with Crippen molar-refractivity contribution in [1.29, 1.82) is 0 Å². The van der Waals surface area contributed by atoms with Crippen molar-refractivity contribution in [2.24, 2.45) is 15.0 Å². The maximum atomic E-state index is 15.0. The lowest BCUT2D eigenvalue weighted by Gasteiger charge is -2.11. The van der Waals surface area contributed by atoms with Crippen LogP contribution in [0.1, 0.15) is 17.3 Å². The standard InChI is InChI=1S/C24H4F12N6/c25-7-1-2(8(26)14(32)13(7)31)20-37-19(1)40-21-3-4(10(28)16(34)15(33)9(3)27)23(38-21)42-24-6-5(22(39-24)41-20)11(29)17(35)18(36)12(6)30/h19,39H,(H,37,41)(H,38,40,42). The number of benzene rings is 3. The molecule has 18 heteroatoms. The van der Waals surface area contributed by atoms with Gasteiger partial charge in [-0.3, -0.25) is 0 Å². The van der Waals surface area contributed by atoms with Gasteiger partial charge >= 0.3 is 0 Å². The van der Waals surface area contributed by atoms with Crippen molar-refractivity contribution in [3.8, 4) is 0 Å². The van der Waals surface area contributed by atoms with Gasteiger partial charge in [0.05, 0.1) is 32.7 Å². The quantitative estimate of drug-likeness (QED) is 0.117. The summed E-state index contributed by atoms with van der Waals surface area (Å²) >= 11 is 0. The molecular formula is C24H4F12N6. The molecule has 214 valence electrons. The van der Waals surface area contributed by atoms with Crippen molar-refractivity contribution < 1.29 is 52.7 Å². The third-order valence-electron chi connectivity index (χ3n) is 6.74. The third-order valence-corrected chi connectivity index (χ3v) is 6.74. The van der Waals surface area contributed by atoms with E-state index in [0.717, 1.165) is 0 Å². The highest BCUT2D eigenvalue weighted by Crippen LogP contribution is 2.42. The Hall–Kier alpha value is -5.03. The van der Waals surface area contributed by atoms with Crippen LogP contribution in [-0.2, 0) is 0 Å². The van der Waals surface area contributed by atoms with Crippen molar-refractivity contribution in [2.45, 2.75) is 6.17 Å². The van der Waals surface area contributed by atoms with E-state index in [1.165, 1.54) is 0 Å². The van der Waals surface area contributed by atoms with E-state index in [4.69, 9.17) is 0 Å². The molecule has 2 aliphatic rings. The van der Waals surface area contributed by atoms with Crippen LogP contribution in [0.15, 0.2) is 15.0 Å². The Morgan fingerprint density at radius 2 is 0.952 bits per heavy atom. The Kier molecular flexibility index (Phi) is 5.10. The number of halogens is 12. The predicted molar refractivity (Wildman–Crippen MR) is 117 cm³/mol. The van der Waals surface area contributed by atoms with Gasteiger partial charge in [0.2, 0.25) is 0 Å². The van der Waals surface area contributed by atoms with Crippen LogP contribution in [0.3, 0.4) is 0 Å². The number of hydrogen-bond donors (Lipinski definition) is 3. The zero-order valence-corrected chi connectivity index (χ0v) is 19.5. The van der Waals surface area contributed by atoms with Gasteiger partial charge in [-0.2, -0.15) is 0 Å². The molecule has 6 nitrogen and oxygen atoms in total. The smallest absolute Gasteiger partial charge is 0.198 e. The first-order valence-electron chi connectivity index (χ1n) is 11.2. The number of aromatic nitrogens is 2. The molecule has 0 aliphatic carbocycles. The molecule has 3 aromatic carbocycles. The second kappa shape index (κ2) is 8.26. The average molecular weight is 604 g/mol. The Labute approximate surface area is 220 Å². The molecule has 42 heavy (non-hydrogen) atoms. The number of aromatic amines is 2. The van der Waals surface area contributed by atoms with Crippen LogP contribution in [0.4, 0.5) is 64.3 Å². The zero-order valence-electron chi connectivity index (χ0n) is 19.5. The number of aliphatic imine (C=N–C) groups is 1. The lowest BCUT2D eigenvalue weighted by molar-refractivity contribution is 0.401. The molecular weight excluding hydrogens is 600 g/mol. The van der Waals surface area contributed by atoms with Gasteiger partial charge in [0.1, 0.15) is 28.4 Å². The first-order valence-corrected chi connectivity index (χ1v) is 11.2. The third kappa shape index (κ3) is 3.05. The molecule has 1 atom stereocenters. The van der Waals surface area contributed by atoms with Crippen LogP contribution in [0.5, 0.6) is 0 Å². The summed E-state index contributed by atoms with van der Waals surface area (Å²) in [5.74, 6) is -29.4.